The third kappa shape index (κ3) is 4.63. The second kappa shape index (κ2) is 9.57. The number of benzene rings is 1. The van der Waals surface area contributed by atoms with Crippen molar-refractivity contribution in [2.24, 2.45) is 0 Å². The number of hydrogen-bond acceptors (Lipinski definition) is 6. The molecule has 2 fully saturated rings. The molecule has 33 heavy (non-hydrogen) atoms. The third-order valence-corrected chi connectivity index (χ3v) is 6.86. The topological polar surface area (TPSA) is 78.9 Å². The van der Waals surface area contributed by atoms with Gasteiger partial charge in [0.2, 0.25) is 11.8 Å². The smallest absolute Gasteiger partial charge is 0.237 e. The minimum absolute atomic E-state index is 0.0484. The van der Waals surface area contributed by atoms with Gasteiger partial charge in [-0.25, -0.2) is 9.97 Å². The van der Waals surface area contributed by atoms with Crippen LogP contribution in [0.5, 0.6) is 0 Å². The summed E-state index contributed by atoms with van der Waals surface area (Å²) in [5, 5.41) is 0. The second-order valence-electron chi connectivity index (χ2n) is 9.10. The highest BCUT2D eigenvalue weighted by atomic mass is 16.5. The first-order valence-corrected chi connectivity index (χ1v) is 11.9. The standard InChI is InChI=1S/C25H31N5O3/c1-18-20-15-22(31)30(16-19-7-3-2-4-8-19)25(20)27-24(26-18)21-9-5-6-10-29(21)23(32)17-28-11-13-33-14-12-28/h2-4,7-8,21H,5-6,9-17H2,1H3. The molecule has 0 aliphatic carbocycles. The monoisotopic (exact) mass is 449 g/mol. The van der Waals surface area contributed by atoms with Gasteiger partial charge in [-0.2, -0.15) is 0 Å². The molecule has 3 aliphatic heterocycles. The molecular weight excluding hydrogens is 418 g/mol. The maximum absolute atomic E-state index is 13.2. The summed E-state index contributed by atoms with van der Waals surface area (Å²) in [6, 6.07) is 9.83. The molecule has 0 radical (unpaired) electrons. The molecule has 3 aliphatic rings. The van der Waals surface area contributed by atoms with Crippen molar-refractivity contribution in [1.82, 2.24) is 19.8 Å². The van der Waals surface area contributed by atoms with Crippen molar-refractivity contribution < 1.29 is 14.3 Å². The van der Waals surface area contributed by atoms with Gasteiger partial charge in [-0.3, -0.25) is 19.4 Å². The summed E-state index contributed by atoms with van der Waals surface area (Å²) in [6.07, 6.45) is 3.21. The van der Waals surface area contributed by atoms with E-state index in [4.69, 9.17) is 14.7 Å². The molecule has 2 saturated heterocycles. The van der Waals surface area contributed by atoms with Crippen LogP contribution in [0, 0.1) is 6.92 Å². The first-order chi connectivity index (χ1) is 16.1. The van der Waals surface area contributed by atoms with Gasteiger partial charge < -0.3 is 9.64 Å². The Hall–Kier alpha value is -2.84. The van der Waals surface area contributed by atoms with Gasteiger partial charge in [0.05, 0.1) is 38.8 Å². The van der Waals surface area contributed by atoms with Gasteiger partial charge in [-0.05, 0) is 31.7 Å². The van der Waals surface area contributed by atoms with Crippen molar-refractivity contribution in [2.45, 2.75) is 45.2 Å². The molecule has 8 nitrogen and oxygen atoms in total. The van der Waals surface area contributed by atoms with E-state index >= 15 is 0 Å². The number of piperidine rings is 1. The molecule has 0 N–H and O–H groups in total. The first-order valence-electron chi connectivity index (χ1n) is 11.9. The largest absolute Gasteiger partial charge is 0.379 e. The maximum Gasteiger partial charge on any atom is 0.237 e. The van der Waals surface area contributed by atoms with E-state index in [1.54, 1.807) is 4.90 Å². The third-order valence-electron chi connectivity index (χ3n) is 6.86. The molecule has 2 amide bonds. The predicted molar refractivity (Wildman–Crippen MR) is 124 cm³/mol. The number of likely N-dealkylation sites (tertiary alicyclic amines) is 1. The Morgan fingerprint density at radius 3 is 2.67 bits per heavy atom. The van der Waals surface area contributed by atoms with Gasteiger partial charge in [0.15, 0.2) is 5.82 Å². The number of fused-ring (bicyclic) bond motifs is 1. The Bertz CT molecular complexity index is 1020. The number of nitrogens with zero attached hydrogens (tertiary/aromatic N) is 5. The Balaban J connectivity index is 1.40. The lowest BCUT2D eigenvalue weighted by molar-refractivity contribution is -0.137. The van der Waals surface area contributed by atoms with Crippen LogP contribution in [0.4, 0.5) is 5.82 Å². The lowest BCUT2D eigenvalue weighted by atomic mass is 10.0. The fourth-order valence-corrected chi connectivity index (χ4v) is 5.02. The minimum atomic E-state index is -0.148. The number of anilines is 1. The minimum Gasteiger partial charge on any atom is -0.379 e. The number of ether oxygens (including phenoxy) is 1. The number of aryl methyl sites for hydroxylation is 1. The van der Waals surface area contributed by atoms with Crippen molar-refractivity contribution in [3.05, 3.63) is 53.0 Å². The van der Waals surface area contributed by atoms with Gasteiger partial charge in [-0.15, -0.1) is 0 Å². The molecule has 2 aromatic rings. The van der Waals surface area contributed by atoms with E-state index in [1.807, 2.05) is 42.2 Å². The van der Waals surface area contributed by atoms with Gasteiger partial charge in [0.1, 0.15) is 5.82 Å². The van der Waals surface area contributed by atoms with Crippen molar-refractivity contribution in [3.8, 4) is 0 Å². The van der Waals surface area contributed by atoms with Crippen LogP contribution in [-0.2, 0) is 27.3 Å². The molecule has 1 aromatic heterocycles. The normalized spacial score (nSPS) is 21.4. The van der Waals surface area contributed by atoms with Crippen LogP contribution in [0.15, 0.2) is 30.3 Å². The zero-order valence-electron chi connectivity index (χ0n) is 19.2. The van der Waals surface area contributed by atoms with Crippen LogP contribution in [0.2, 0.25) is 0 Å². The number of hydrogen-bond donors (Lipinski definition) is 0. The Morgan fingerprint density at radius 1 is 1.09 bits per heavy atom. The highest BCUT2D eigenvalue weighted by molar-refractivity contribution is 6.00. The van der Waals surface area contributed by atoms with E-state index in [0.717, 1.165) is 55.7 Å². The van der Waals surface area contributed by atoms with Crippen LogP contribution in [-0.4, -0.2) is 71.0 Å². The van der Waals surface area contributed by atoms with Crippen LogP contribution in [0.1, 0.15) is 47.9 Å². The molecule has 0 bridgehead atoms. The Morgan fingerprint density at radius 2 is 1.88 bits per heavy atom. The molecule has 1 unspecified atom stereocenters. The van der Waals surface area contributed by atoms with Crippen LogP contribution >= 0.6 is 0 Å². The zero-order chi connectivity index (χ0) is 22.8. The van der Waals surface area contributed by atoms with Crippen LogP contribution in [0.3, 0.4) is 0 Å². The molecule has 0 saturated carbocycles. The summed E-state index contributed by atoms with van der Waals surface area (Å²) >= 11 is 0. The first kappa shape index (κ1) is 22.0. The number of rotatable bonds is 5. The summed E-state index contributed by atoms with van der Waals surface area (Å²) in [5.74, 6) is 1.54. The van der Waals surface area contributed by atoms with E-state index < -0.39 is 0 Å². The van der Waals surface area contributed by atoms with Gasteiger partial charge in [0.25, 0.3) is 0 Å². The quantitative estimate of drug-likeness (QED) is 0.697. The fourth-order valence-electron chi connectivity index (χ4n) is 5.02. The predicted octanol–water partition coefficient (Wildman–Crippen LogP) is 2.26. The molecule has 4 heterocycles. The lowest BCUT2D eigenvalue weighted by Gasteiger charge is -2.37. The Labute approximate surface area is 194 Å². The van der Waals surface area contributed by atoms with Crippen molar-refractivity contribution in [2.75, 3.05) is 44.3 Å². The van der Waals surface area contributed by atoms with E-state index in [1.165, 1.54) is 0 Å². The highest BCUT2D eigenvalue weighted by Gasteiger charge is 2.35. The zero-order valence-corrected chi connectivity index (χ0v) is 19.2. The van der Waals surface area contributed by atoms with Crippen molar-refractivity contribution >= 4 is 17.6 Å². The summed E-state index contributed by atoms with van der Waals surface area (Å²) in [4.78, 5) is 41.7. The lowest BCUT2D eigenvalue weighted by Crippen LogP contribution is -2.47. The van der Waals surface area contributed by atoms with Crippen LogP contribution in [0.25, 0.3) is 0 Å². The molecule has 174 valence electrons. The number of carbonyl (C=O) groups is 2. The fraction of sp³-hybridized carbons (Fsp3) is 0.520. The average Bonchev–Trinajstić information content (AvgIpc) is 3.16. The average molecular weight is 450 g/mol. The maximum atomic E-state index is 13.2. The number of aromatic nitrogens is 2. The van der Waals surface area contributed by atoms with Crippen LogP contribution < -0.4 is 4.90 Å². The summed E-state index contributed by atoms with van der Waals surface area (Å²) in [6.45, 7) is 6.50. The van der Waals surface area contributed by atoms with Gasteiger partial charge >= 0.3 is 0 Å². The molecule has 5 rings (SSSR count). The molecular formula is C25H31N5O3. The van der Waals surface area contributed by atoms with E-state index in [9.17, 15) is 9.59 Å². The number of carbonyl (C=O) groups excluding carboxylic acids is 2. The number of morpholine rings is 1. The Kier molecular flexibility index (Phi) is 6.37. The second-order valence-corrected chi connectivity index (χ2v) is 9.10. The van der Waals surface area contributed by atoms with Crippen molar-refractivity contribution in [1.29, 1.82) is 0 Å². The van der Waals surface area contributed by atoms with E-state index in [0.29, 0.717) is 44.4 Å². The van der Waals surface area contributed by atoms with Crippen molar-refractivity contribution in [3.63, 3.8) is 0 Å². The molecule has 1 aromatic carbocycles. The summed E-state index contributed by atoms with van der Waals surface area (Å²) < 4.78 is 5.42. The van der Waals surface area contributed by atoms with Gasteiger partial charge in [-0.1, -0.05) is 30.3 Å². The molecule has 8 heteroatoms. The van der Waals surface area contributed by atoms with E-state index in [-0.39, 0.29) is 17.9 Å². The number of amides is 2. The molecule has 0 spiro atoms. The summed E-state index contributed by atoms with van der Waals surface area (Å²) in [7, 11) is 0. The summed E-state index contributed by atoms with van der Waals surface area (Å²) in [5.41, 5.74) is 2.81. The molecule has 1 atom stereocenters. The highest BCUT2D eigenvalue weighted by Crippen LogP contribution is 2.35. The van der Waals surface area contributed by atoms with Gasteiger partial charge in [0, 0.05) is 30.9 Å². The SMILES string of the molecule is Cc1nc(C2CCCCN2C(=O)CN2CCOCC2)nc2c1CC(=O)N2Cc1ccccc1. The van der Waals surface area contributed by atoms with E-state index in [2.05, 4.69) is 4.90 Å².